The van der Waals surface area contributed by atoms with Crippen molar-refractivity contribution < 1.29 is 13.9 Å². The van der Waals surface area contributed by atoms with Crippen molar-refractivity contribution in [2.75, 3.05) is 6.61 Å². The Morgan fingerprint density at radius 2 is 1.91 bits per heavy atom. The third-order valence-corrected chi connectivity index (χ3v) is 5.59. The standard InChI is InChI=1S/C17H21ClFNO2/c1-16-4-7-17(8-5-16,9-6-16)20-15(21)11-22-12-2-3-13(18)14(19)10-12/h2-3,10H,4-9,11H2,1H3,(H,20,21). The van der Waals surface area contributed by atoms with E-state index >= 15 is 0 Å². The summed E-state index contributed by atoms with van der Waals surface area (Å²) in [6.07, 6.45) is 6.67. The fraction of sp³-hybridized carbons (Fsp3) is 0.588. The number of amides is 1. The van der Waals surface area contributed by atoms with Crippen molar-refractivity contribution in [3.05, 3.63) is 29.0 Å². The highest BCUT2D eigenvalue weighted by atomic mass is 35.5. The Labute approximate surface area is 135 Å². The highest BCUT2D eigenvalue weighted by Gasteiger charge is 2.46. The van der Waals surface area contributed by atoms with E-state index in [9.17, 15) is 9.18 Å². The topological polar surface area (TPSA) is 38.3 Å². The van der Waals surface area contributed by atoms with Gasteiger partial charge < -0.3 is 10.1 Å². The monoisotopic (exact) mass is 325 g/mol. The zero-order valence-corrected chi connectivity index (χ0v) is 13.5. The van der Waals surface area contributed by atoms with Gasteiger partial charge in [0, 0.05) is 11.6 Å². The van der Waals surface area contributed by atoms with Crippen molar-refractivity contribution in [1.82, 2.24) is 5.32 Å². The lowest BCUT2D eigenvalue weighted by Crippen LogP contribution is -2.56. The number of carbonyl (C=O) groups is 1. The van der Waals surface area contributed by atoms with Gasteiger partial charge in [-0.1, -0.05) is 18.5 Å². The molecule has 1 amide bonds. The number of nitrogens with one attached hydrogen (secondary N) is 1. The van der Waals surface area contributed by atoms with Crippen molar-refractivity contribution in [3.8, 4) is 5.75 Å². The average Bonchev–Trinajstić information content (AvgIpc) is 2.50. The smallest absolute Gasteiger partial charge is 0.258 e. The molecule has 120 valence electrons. The molecule has 0 heterocycles. The zero-order valence-electron chi connectivity index (χ0n) is 12.8. The first-order chi connectivity index (χ1) is 10.4. The van der Waals surface area contributed by atoms with Crippen molar-refractivity contribution in [1.29, 1.82) is 0 Å². The molecule has 0 atom stereocenters. The number of benzene rings is 1. The second-order valence-electron chi connectivity index (χ2n) is 7.00. The van der Waals surface area contributed by atoms with E-state index in [1.54, 1.807) is 6.07 Å². The summed E-state index contributed by atoms with van der Waals surface area (Å²) in [7, 11) is 0. The van der Waals surface area contributed by atoms with E-state index in [1.165, 1.54) is 31.4 Å². The van der Waals surface area contributed by atoms with Gasteiger partial charge in [0.05, 0.1) is 5.02 Å². The Kier molecular flexibility index (Phi) is 4.06. The van der Waals surface area contributed by atoms with Crippen LogP contribution in [0, 0.1) is 11.2 Å². The molecule has 2 bridgehead atoms. The summed E-state index contributed by atoms with van der Waals surface area (Å²) in [6, 6.07) is 4.18. The third-order valence-electron chi connectivity index (χ3n) is 5.29. The molecule has 0 radical (unpaired) electrons. The predicted molar refractivity (Wildman–Crippen MR) is 83.6 cm³/mol. The average molecular weight is 326 g/mol. The summed E-state index contributed by atoms with van der Waals surface area (Å²) < 4.78 is 18.7. The lowest BCUT2D eigenvalue weighted by Gasteiger charge is -2.52. The van der Waals surface area contributed by atoms with E-state index in [-0.39, 0.29) is 23.1 Å². The first-order valence-electron chi connectivity index (χ1n) is 7.79. The maximum atomic E-state index is 13.3. The molecule has 3 fully saturated rings. The number of halogens is 2. The quantitative estimate of drug-likeness (QED) is 0.905. The molecule has 3 aliphatic rings. The van der Waals surface area contributed by atoms with Gasteiger partial charge in [-0.3, -0.25) is 4.79 Å². The molecule has 22 heavy (non-hydrogen) atoms. The molecule has 1 N–H and O–H groups in total. The molecule has 1 aromatic carbocycles. The number of hydrogen-bond donors (Lipinski definition) is 1. The van der Waals surface area contributed by atoms with Crippen molar-refractivity contribution in [3.63, 3.8) is 0 Å². The Morgan fingerprint density at radius 1 is 1.27 bits per heavy atom. The van der Waals surface area contributed by atoms with E-state index in [2.05, 4.69) is 12.2 Å². The van der Waals surface area contributed by atoms with Crippen LogP contribution in [-0.2, 0) is 4.79 Å². The predicted octanol–water partition coefficient (Wildman–Crippen LogP) is 4.09. The molecule has 3 nitrogen and oxygen atoms in total. The summed E-state index contributed by atoms with van der Waals surface area (Å²) in [4.78, 5) is 12.1. The fourth-order valence-corrected chi connectivity index (χ4v) is 3.73. The molecule has 5 heteroatoms. The second-order valence-corrected chi connectivity index (χ2v) is 7.41. The Balaban J connectivity index is 1.53. The first kappa shape index (κ1) is 15.6. The molecule has 3 aliphatic carbocycles. The lowest BCUT2D eigenvalue weighted by atomic mass is 9.58. The molecule has 0 spiro atoms. The first-order valence-corrected chi connectivity index (χ1v) is 8.17. The highest BCUT2D eigenvalue weighted by Crippen LogP contribution is 2.51. The highest BCUT2D eigenvalue weighted by molar-refractivity contribution is 6.30. The fourth-order valence-electron chi connectivity index (χ4n) is 3.61. The minimum atomic E-state index is -0.544. The number of carbonyl (C=O) groups excluding carboxylic acids is 1. The van der Waals surface area contributed by atoms with Crippen LogP contribution < -0.4 is 10.1 Å². The molecular weight excluding hydrogens is 305 g/mol. The van der Waals surface area contributed by atoms with Crippen LogP contribution in [0.4, 0.5) is 4.39 Å². The van der Waals surface area contributed by atoms with Crippen LogP contribution in [0.25, 0.3) is 0 Å². The second kappa shape index (κ2) is 5.73. The van der Waals surface area contributed by atoms with Gasteiger partial charge in [-0.15, -0.1) is 0 Å². The van der Waals surface area contributed by atoms with Crippen LogP contribution in [0.3, 0.4) is 0 Å². The van der Waals surface area contributed by atoms with Crippen LogP contribution in [0.1, 0.15) is 45.4 Å². The summed E-state index contributed by atoms with van der Waals surface area (Å²) in [5, 5.41) is 3.19. The van der Waals surface area contributed by atoms with Crippen molar-refractivity contribution in [2.24, 2.45) is 5.41 Å². The van der Waals surface area contributed by atoms with Crippen molar-refractivity contribution in [2.45, 2.75) is 51.0 Å². The van der Waals surface area contributed by atoms with Gasteiger partial charge in [0.1, 0.15) is 11.6 Å². The Hall–Kier alpha value is -1.29. The van der Waals surface area contributed by atoms with Gasteiger partial charge >= 0.3 is 0 Å². The van der Waals surface area contributed by atoms with Crippen LogP contribution in [0.5, 0.6) is 5.75 Å². The van der Waals surface area contributed by atoms with Crippen LogP contribution >= 0.6 is 11.6 Å². The maximum Gasteiger partial charge on any atom is 0.258 e. The molecule has 0 unspecified atom stereocenters. The Bertz CT molecular complexity index is 565. The minimum absolute atomic E-state index is 0.0446. The van der Waals surface area contributed by atoms with Crippen LogP contribution in [0.15, 0.2) is 18.2 Å². The number of rotatable bonds is 4. The van der Waals surface area contributed by atoms with Crippen LogP contribution in [0.2, 0.25) is 5.02 Å². The third kappa shape index (κ3) is 3.22. The SMILES string of the molecule is CC12CCC(NC(=O)COc3ccc(Cl)c(F)c3)(CC1)CC2. The molecule has 0 aliphatic heterocycles. The van der Waals surface area contributed by atoms with Gasteiger partial charge in [0.25, 0.3) is 5.91 Å². The summed E-state index contributed by atoms with van der Waals surface area (Å²) >= 11 is 5.62. The minimum Gasteiger partial charge on any atom is -0.484 e. The molecule has 4 rings (SSSR count). The van der Waals surface area contributed by atoms with Gasteiger partial charge in [-0.25, -0.2) is 4.39 Å². The largest absolute Gasteiger partial charge is 0.484 e. The van der Waals surface area contributed by atoms with Gasteiger partial charge in [0.2, 0.25) is 0 Å². The molecule has 1 aromatic rings. The zero-order chi connectivity index (χ0) is 15.8. The molecule has 0 aromatic heterocycles. The summed E-state index contributed by atoms with van der Waals surface area (Å²) in [5.74, 6) is -0.368. The Morgan fingerprint density at radius 3 is 2.50 bits per heavy atom. The molecule has 3 saturated carbocycles. The summed E-state index contributed by atoms with van der Waals surface area (Å²) in [6.45, 7) is 2.25. The van der Waals surface area contributed by atoms with E-state index in [1.807, 2.05) is 0 Å². The van der Waals surface area contributed by atoms with Gasteiger partial charge in [-0.2, -0.15) is 0 Å². The molecular formula is C17H21ClFNO2. The van der Waals surface area contributed by atoms with Crippen molar-refractivity contribution >= 4 is 17.5 Å². The van der Waals surface area contributed by atoms with E-state index < -0.39 is 5.82 Å². The number of hydrogen-bond acceptors (Lipinski definition) is 2. The van der Waals surface area contributed by atoms with Gasteiger partial charge in [0.15, 0.2) is 6.61 Å². The van der Waals surface area contributed by atoms with Gasteiger partial charge in [-0.05, 0) is 56.1 Å². The lowest BCUT2D eigenvalue weighted by molar-refractivity contribution is -0.127. The van der Waals surface area contributed by atoms with Crippen LogP contribution in [-0.4, -0.2) is 18.1 Å². The van der Waals surface area contributed by atoms with E-state index in [0.717, 1.165) is 19.3 Å². The normalized spacial score (nSPS) is 30.1. The number of fused-ring (bicyclic) bond motifs is 3. The summed E-state index contributed by atoms with van der Waals surface area (Å²) in [5.41, 5.74) is 0.424. The van der Waals surface area contributed by atoms with E-state index in [4.69, 9.17) is 16.3 Å². The number of ether oxygens (including phenoxy) is 1. The molecule has 0 saturated heterocycles. The maximum absolute atomic E-state index is 13.3. The van der Waals surface area contributed by atoms with E-state index in [0.29, 0.717) is 11.2 Å².